The molecule has 3 heteroatoms. The lowest BCUT2D eigenvalue weighted by molar-refractivity contribution is 1.11. The zero-order chi connectivity index (χ0) is 8.77. The average molecular weight is 222 g/mol. The summed E-state index contributed by atoms with van der Waals surface area (Å²) in [6.07, 6.45) is 0.845. The van der Waals surface area contributed by atoms with Crippen molar-refractivity contribution in [3.8, 4) is 0 Å². The SMILES string of the molecule is Clc1ccc([C@H]2CC2(Cl)Cl)cc1. The van der Waals surface area contributed by atoms with Gasteiger partial charge in [0.2, 0.25) is 0 Å². The van der Waals surface area contributed by atoms with E-state index in [1.807, 2.05) is 24.3 Å². The highest BCUT2D eigenvalue weighted by Gasteiger charge is 2.52. The lowest BCUT2D eigenvalue weighted by Gasteiger charge is -1.99. The minimum absolute atomic E-state index is 0.290. The highest BCUT2D eigenvalue weighted by atomic mass is 35.5. The van der Waals surface area contributed by atoms with Crippen molar-refractivity contribution in [2.45, 2.75) is 16.7 Å². The Morgan fingerprint density at radius 2 is 1.67 bits per heavy atom. The van der Waals surface area contributed by atoms with E-state index in [-0.39, 0.29) is 5.92 Å². The molecule has 0 nitrogen and oxygen atoms in total. The van der Waals surface area contributed by atoms with E-state index >= 15 is 0 Å². The molecule has 0 spiro atoms. The summed E-state index contributed by atoms with van der Waals surface area (Å²) in [6.45, 7) is 0. The van der Waals surface area contributed by atoms with Gasteiger partial charge in [-0.2, -0.15) is 0 Å². The van der Waals surface area contributed by atoms with Crippen LogP contribution in [0.25, 0.3) is 0 Å². The maximum absolute atomic E-state index is 5.91. The monoisotopic (exact) mass is 220 g/mol. The molecule has 2 rings (SSSR count). The van der Waals surface area contributed by atoms with E-state index < -0.39 is 4.33 Å². The predicted octanol–water partition coefficient (Wildman–Crippen LogP) is 4.00. The smallest absolute Gasteiger partial charge is 0.101 e. The highest BCUT2D eigenvalue weighted by Crippen LogP contribution is 2.59. The van der Waals surface area contributed by atoms with E-state index in [4.69, 9.17) is 34.8 Å². The van der Waals surface area contributed by atoms with Crippen LogP contribution in [0.2, 0.25) is 5.02 Å². The van der Waals surface area contributed by atoms with Gasteiger partial charge in [0, 0.05) is 10.9 Å². The van der Waals surface area contributed by atoms with Crippen LogP contribution in [-0.4, -0.2) is 4.33 Å². The van der Waals surface area contributed by atoms with Gasteiger partial charge in [0.1, 0.15) is 4.33 Å². The van der Waals surface area contributed by atoms with E-state index in [1.54, 1.807) is 0 Å². The summed E-state index contributed by atoms with van der Waals surface area (Å²) in [7, 11) is 0. The average Bonchev–Trinajstić information content (AvgIpc) is 2.61. The molecule has 1 aliphatic rings. The second-order valence-corrected chi connectivity index (χ2v) is 5.05. The molecule has 1 saturated carbocycles. The quantitative estimate of drug-likeness (QED) is 0.629. The van der Waals surface area contributed by atoms with Crippen LogP contribution in [0.4, 0.5) is 0 Å². The first-order valence-electron chi connectivity index (χ1n) is 3.73. The van der Waals surface area contributed by atoms with E-state index in [0.717, 1.165) is 11.4 Å². The van der Waals surface area contributed by atoms with Crippen LogP contribution in [0.1, 0.15) is 17.9 Å². The summed E-state index contributed by atoms with van der Waals surface area (Å²) in [5.74, 6) is 0.290. The Morgan fingerprint density at radius 1 is 1.17 bits per heavy atom. The molecule has 0 saturated heterocycles. The normalized spacial score (nSPS) is 25.4. The van der Waals surface area contributed by atoms with Crippen LogP contribution in [-0.2, 0) is 0 Å². The summed E-state index contributed by atoms with van der Waals surface area (Å²) in [4.78, 5) is 0. The molecule has 0 radical (unpaired) electrons. The number of rotatable bonds is 1. The van der Waals surface area contributed by atoms with Crippen molar-refractivity contribution < 1.29 is 0 Å². The molecule has 0 aromatic heterocycles. The molecule has 1 aliphatic carbocycles. The third kappa shape index (κ3) is 1.56. The molecule has 1 atom stereocenters. The Hall–Kier alpha value is 0.0900. The van der Waals surface area contributed by atoms with Crippen LogP contribution in [0.5, 0.6) is 0 Å². The molecule has 0 unspecified atom stereocenters. The Balaban J connectivity index is 2.21. The van der Waals surface area contributed by atoms with Crippen molar-refractivity contribution in [2.24, 2.45) is 0 Å². The summed E-state index contributed by atoms with van der Waals surface area (Å²) in [6, 6.07) is 7.66. The summed E-state index contributed by atoms with van der Waals surface area (Å²) >= 11 is 17.6. The fourth-order valence-electron chi connectivity index (χ4n) is 1.27. The largest absolute Gasteiger partial charge is 0.125 e. The minimum Gasteiger partial charge on any atom is -0.101 e. The first kappa shape index (κ1) is 8.68. The van der Waals surface area contributed by atoms with Gasteiger partial charge in [-0.3, -0.25) is 0 Å². The Kier molecular flexibility index (Phi) is 2.02. The van der Waals surface area contributed by atoms with Crippen molar-refractivity contribution in [2.75, 3.05) is 0 Å². The zero-order valence-corrected chi connectivity index (χ0v) is 8.50. The van der Waals surface area contributed by atoms with Crippen LogP contribution in [0, 0.1) is 0 Å². The second kappa shape index (κ2) is 2.80. The highest BCUT2D eigenvalue weighted by molar-refractivity contribution is 6.51. The number of benzene rings is 1. The molecule has 12 heavy (non-hydrogen) atoms. The zero-order valence-electron chi connectivity index (χ0n) is 6.23. The molecular formula is C9H7Cl3. The van der Waals surface area contributed by atoms with Gasteiger partial charge in [-0.25, -0.2) is 0 Å². The molecule has 64 valence electrons. The summed E-state index contributed by atoms with van der Waals surface area (Å²) in [5, 5.41) is 0.745. The van der Waals surface area contributed by atoms with E-state index in [1.165, 1.54) is 5.56 Å². The molecule has 0 bridgehead atoms. The lowest BCUT2D eigenvalue weighted by atomic mass is 10.1. The van der Waals surface area contributed by atoms with Crippen molar-refractivity contribution in [3.63, 3.8) is 0 Å². The molecule has 1 fully saturated rings. The molecule has 0 amide bonds. The van der Waals surface area contributed by atoms with Gasteiger partial charge in [-0.15, -0.1) is 23.2 Å². The van der Waals surface area contributed by atoms with Gasteiger partial charge < -0.3 is 0 Å². The molecule has 0 heterocycles. The van der Waals surface area contributed by atoms with Crippen LogP contribution < -0.4 is 0 Å². The van der Waals surface area contributed by atoms with Crippen molar-refractivity contribution in [3.05, 3.63) is 34.9 Å². The van der Waals surface area contributed by atoms with E-state index in [9.17, 15) is 0 Å². The number of halogens is 3. The topological polar surface area (TPSA) is 0 Å². The standard InChI is InChI=1S/C9H7Cl3/c10-7-3-1-6(2-4-7)8-5-9(8,11)12/h1-4,8H,5H2/t8-/m1/s1. The molecule has 1 aromatic rings. The second-order valence-electron chi connectivity index (χ2n) is 3.07. The van der Waals surface area contributed by atoms with Gasteiger partial charge in [0.25, 0.3) is 0 Å². The van der Waals surface area contributed by atoms with Crippen LogP contribution in [0.3, 0.4) is 0 Å². The predicted molar refractivity (Wildman–Crippen MR) is 53.2 cm³/mol. The minimum atomic E-state index is -0.534. The number of hydrogen-bond donors (Lipinski definition) is 0. The fraction of sp³-hybridized carbons (Fsp3) is 0.333. The van der Waals surface area contributed by atoms with Gasteiger partial charge in [-0.05, 0) is 24.1 Å². The molecule has 0 aliphatic heterocycles. The Bertz CT molecular complexity index is 289. The fourth-order valence-corrected chi connectivity index (χ4v) is 1.96. The molecule has 0 N–H and O–H groups in total. The van der Waals surface area contributed by atoms with Crippen molar-refractivity contribution >= 4 is 34.8 Å². The third-order valence-corrected chi connectivity index (χ3v) is 3.19. The Morgan fingerprint density at radius 3 is 2.08 bits per heavy atom. The van der Waals surface area contributed by atoms with Crippen molar-refractivity contribution in [1.82, 2.24) is 0 Å². The molecule has 1 aromatic carbocycles. The van der Waals surface area contributed by atoms with Gasteiger partial charge in [0.15, 0.2) is 0 Å². The summed E-state index contributed by atoms with van der Waals surface area (Å²) in [5.41, 5.74) is 1.17. The van der Waals surface area contributed by atoms with Gasteiger partial charge in [-0.1, -0.05) is 23.7 Å². The van der Waals surface area contributed by atoms with Gasteiger partial charge in [0.05, 0.1) is 0 Å². The first-order valence-corrected chi connectivity index (χ1v) is 4.86. The third-order valence-electron chi connectivity index (χ3n) is 2.10. The number of alkyl halides is 2. The van der Waals surface area contributed by atoms with Crippen LogP contribution >= 0.6 is 34.8 Å². The maximum atomic E-state index is 5.91. The Labute approximate surface area is 86.4 Å². The molecular weight excluding hydrogens is 214 g/mol. The van der Waals surface area contributed by atoms with Gasteiger partial charge >= 0.3 is 0 Å². The first-order chi connectivity index (χ1) is 5.59. The number of hydrogen-bond acceptors (Lipinski definition) is 0. The van der Waals surface area contributed by atoms with Crippen molar-refractivity contribution in [1.29, 1.82) is 0 Å². The maximum Gasteiger partial charge on any atom is 0.125 e. The van der Waals surface area contributed by atoms with E-state index in [2.05, 4.69) is 0 Å². The lowest BCUT2D eigenvalue weighted by Crippen LogP contribution is -1.88. The van der Waals surface area contributed by atoms with Crippen LogP contribution in [0.15, 0.2) is 24.3 Å². The summed E-state index contributed by atoms with van der Waals surface area (Å²) < 4.78 is -0.534. The van der Waals surface area contributed by atoms with E-state index in [0.29, 0.717) is 0 Å².